The first-order chi connectivity index (χ1) is 12.9. The Morgan fingerprint density at radius 2 is 1.30 bits per heavy atom. The van der Waals surface area contributed by atoms with E-state index in [9.17, 15) is 14.7 Å². The molecule has 0 aromatic carbocycles. The molecule has 0 aromatic rings. The van der Waals surface area contributed by atoms with E-state index in [4.69, 9.17) is 15.9 Å². The van der Waals surface area contributed by atoms with Crippen molar-refractivity contribution in [1.82, 2.24) is 0 Å². The molecule has 6 heteroatoms. The largest absolute Gasteiger partial charge is 0.480 e. The zero-order chi connectivity index (χ0) is 20.5. The van der Waals surface area contributed by atoms with E-state index in [1.807, 2.05) is 0 Å². The number of nitrogens with two attached hydrogens (primary N) is 1. The van der Waals surface area contributed by atoms with E-state index in [1.165, 1.54) is 19.3 Å². The molecule has 0 aliphatic carbocycles. The predicted octanol–water partition coefficient (Wildman–Crippen LogP) is 3.56. The first-order valence-electron chi connectivity index (χ1n) is 10.7. The van der Waals surface area contributed by atoms with Crippen LogP contribution >= 0.6 is 0 Å². The Morgan fingerprint density at radius 3 is 1.74 bits per heavy atom. The highest BCUT2D eigenvalue weighted by Gasteiger charge is 2.40. The summed E-state index contributed by atoms with van der Waals surface area (Å²) in [7, 11) is 0. The van der Waals surface area contributed by atoms with Crippen LogP contribution in [0.5, 0.6) is 0 Å². The summed E-state index contributed by atoms with van der Waals surface area (Å²) in [6, 6.07) is 0. The van der Waals surface area contributed by atoms with Crippen LogP contribution in [-0.2, 0) is 9.59 Å². The van der Waals surface area contributed by atoms with Crippen LogP contribution in [0, 0.1) is 0 Å². The lowest BCUT2D eigenvalue weighted by Gasteiger charge is -2.27. The van der Waals surface area contributed by atoms with Gasteiger partial charge in [-0.15, -0.1) is 0 Å². The minimum Gasteiger partial charge on any atom is -0.480 e. The molecule has 1 unspecified atom stereocenters. The van der Waals surface area contributed by atoms with Gasteiger partial charge in [0.2, 0.25) is 0 Å². The van der Waals surface area contributed by atoms with Crippen LogP contribution in [0.4, 0.5) is 0 Å². The molecule has 0 saturated heterocycles. The molecule has 27 heavy (non-hydrogen) atoms. The molecule has 0 spiro atoms. The van der Waals surface area contributed by atoms with E-state index in [-0.39, 0.29) is 6.42 Å². The zero-order valence-corrected chi connectivity index (χ0v) is 17.1. The third-order valence-electron chi connectivity index (χ3n) is 5.25. The average Bonchev–Trinajstić information content (AvgIpc) is 2.65. The first kappa shape index (κ1) is 26.0. The molecule has 0 aliphatic rings. The first-order valence-corrected chi connectivity index (χ1v) is 10.7. The van der Waals surface area contributed by atoms with Gasteiger partial charge in [-0.25, -0.2) is 0 Å². The van der Waals surface area contributed by atoms with Crippen molar-refractivity contribution in [1.29, 1.82) is 0 Å². The maximum Gasteiger partial charge on any atom is 0.328 e. The topological polar surface area (TPSA) is 121 Å². The van der Waals surface area contributed by atoms with Gasteiger partial charge in [-0.1, -0.05) is 71.1 Å². The molecule has 0 fully saturated rings. The monoisotopic (exact) mass is 387 g/mol. The van der Waals surface area contributed by atoms with Crippen molar-refractivity contribution in [2.75, 3.05) is 6.61 Å². The van der Waals surface area contributed by atoms with Gasteiger partial charge in [-0.3, -0.25) is 9.59 Å². The van der Waals surface area contributed by atoms with Crippen LogP contribution in [0.2, 0.25) is 0 Å². The molecule has 0 aromatic heterocycles. The molecule has 0 saturated carbocycles. The molecular weight excluding hydrogens is 346 g/mol. The van der Waals surface area contributed by atoms with Crippen molar-refractivity contribution in [3.05, 3.63) is 0 Å². The number of carboxylic acids is 1. The zero-order valence-electron chi connectivity index (χ0n) is 17.1. The number of carbonyl (C=O) groups is 2. The standard InChI is InChI=1S/C21H41NO5/c1-2-3-4-11-14-18(24)15-12-9-7-5-6-8-10-13-16-19(25)21(22,17-23)20(26)27/h19,23,25H,2-17,22H2,1H3,(H,26,27)/t19-,21?/m0/s1. The predicted molar refractivity (Wildman–Crippen MR) is 108 cm³/mol. The van der Waals surface area contributed by atoms with Gasteiger partial charge in [0.1, 0.15) is 5.78 Å². The van der Waals surface area contributed by atoms with Gasteiger partial charge in [0.25, 0.3) is 0 Å². The van der Waals surface area contributed by atoms with E-state index in [0.29, 0.717) is 12.2 Å². The van der Waals surface area contributed by atoms with Crippen LogP contribution < -0.4 is 5.73 Å². The molecule has 0 aliphatic heterocycles. The van der Waals surface area contributed by atoms with Crippen molar-refractivity contribution in [2.24, 2.45) is 5.73 Å². The maximum atomic E-state index is 11.7. The fourth-order valence-corrected chi connectivity index (χ4v) is 3.17. The summed E-state index contributed by atoms with van der Waals surface area (Å²) in [4.78, 5) is 22.7. The number of ketones is 1. The van der Waals surface area contributed by atoms with Gasteiger partial charge in [0.05, 0.1) is 12.7 Å². The van der Waals surface area contributed by atoms with Crippen LogP contribution in [0.3, 0.4) is 0 Å². The number of rotatable bonds is 19. The van der Waals surface area contributed by atoms with Crippen LogP contribution in [-0.4, -0.2) is 45.3 Å². The number of aliphatic hydroxyl groups is 2. The maximum absolute atomic E-state index is 11.7. The lowest BCUT2D eigenvalue weighted by atomic mass is 9.90. The van der Waals surface area contributed by atoms with E-state index < -0.39 is 24.2 Å². The van der Waals surface area contributed by atoms with Gasteiger partial charge < -0.3 is 21.1 Å². The summed E-state index contributed by atoms with van der Waals surface area (Å²) in [5.74, 6) is -0.971. The fraction of sp³-hybridized carbons (Fsp3) is 0.905. The van der Waals surface area contributed by atoms with Crippen LogP contribution in [0.25, 0.3) is 0 Å². The Bertz CT molecular complexity index is 402. The number of Topliss-reactive ketones (excluding diaryl/α,β-unsaturated/α-hetero) is 1. The van der Waals surface area contributed by atoms with Crippen molar-refractivity contribution >= 4 is 11.8 Å². The van der Waals surface area contributed by atoms with Crippen LogP contribution in [0.1, 0.15) is 103 Å². The highest BCUT2D eigenvalue weighted by atomic mass is 16.4. The molecule has 0 rings (SSSR count). The lowest BCUT2D eigenvalue weighted by molar-refractivity contribution is -0.150. The molecule has 0 heterocycles. The number of carboxylic acid groups (broad SMARTS) is 1. The minimum absolute atomic E-state index is 0.281. The molecule has 160 valence electrons. The van der Waals surface area contributed by atoms with Gasteiger partial charge in [0, 0.05) is 12.8 Å². The second-order valence-electron chi connectivity index (χ2n) is 7.74. The van der Waals surface area contributed by atoms with Gasteiger partial charge >= 0.3 is 5.97 Å². The van der Waals surface area contributed by atoms with E-state index in [0.717, 1.165) is 64.2 Å². The molecular formula is C21H41NO5. The van der Waals surface area contributed by atoms with E-state index >= 15 is 0 Å². The lowest BCUT2D eigenvalue weighted by Crippen LogP contribution is -2.60. The Kier molecular flexibility index (Phi) is 15.4. The molecule has 0 amide bonds. The number of aliphatic hydroxyl groups excluding tert-OH is 2. The summed E-state index contributed by atoms with van der Waals surface area (Å²) in [6.45, 7) is 1.40. The Labute approximate surface area is 164 Å². The number of hydrogen-bond donors (Lipinski definition) is 4. The van der Waals surface area contributed by atoms with Crippen molar-refractivity contribution in [2.45, 2.75) is 115 Å². The summed E-state index contributed by atoms with van der Waals surface area (Å²) in [5, 5.41) is 27.9. The highest BCUT2D eigenvalue weighted by molar-refractivity contribution is 5.79. The summed E-state index contributed by atoms with van der Waals surface area (Å²) < 4.78 is 0. The van der Waals surface area contributed by atoms with Crippen LogP contribution in [0.15, 0.2) is 0 Å². The number of carbonyl (C=O) groups excluding carboxylic acids is 1. The van der Waals surface area contributed by atoms with Crippen molar-refractivity contribution in [3.8, 4) is 0 Å². The van der Waals surface area contributed by atoms with E-state index in [2.05, 4.69) is 6.92 Å². The smallest absolute Gasteiger partial charge is 0.328 e. The average molecular weight is 388 g/mol. The van der Waals surface area contributed by atoms with Gasteiger partial charge in [0.15, 0.2) is 5.54 Å². The molecule has 0 bridgehead atoms. The summed E-state index contributed by atoms with van der Waals surface area (Å²) >= 11 is 0. The third kappa shape index (κ3) is 12.2. The molecule has 0 radical (unpaired) electrons. The number of unbranched alkanes of at least 4 members (excludes halogenated alkanes) is 10. The highest BCUT2D eigenvalue weighted by Crippen LogP contribution is 2.16. The molecule has 5 N–H and O–H groups in total. The second-order valence-corrected chi connectivity index (χ2v) is 7.74. The fourth-order valence-electron chi connectivity index (χ4n) is 3.17. The SMILES string of the molecule is CCCCCCC(=O)CCCCCCCCCC[C@H](O)C(N)(CO)C(=O)O. The number of aliphatic carboxylic acids is 1. The Balaban J connectivity index is 3.50. The summed E-state index contributed by atoms with van der Waals surface area (Å²) in [6.07, 6.45) is 13.3. The summed E-state index contributed by atoms with van der Waals surface area (Å²) in [5.41, 5.74) is 3.57. The molecule has 2 atom stereocenters. The second kappa shape index (κ2) is 16.0. The van der Waals surface area contributed by atoms with Gasteiger partial charge in [-0.2, -0.15) is 0 Å². The van der Waals surface area contributed by atoms with Crippen molar-refractivity contribution in [3.63, 3.8) is 0 Å². The molecule has 6 nitrogen and oxygen atoms in total. The third-order valence-corrected chi connectivity index (χ3v) is 5.25. The van der Waals surface area contributed by atoms with Gasteiger partial charge in [-0.05, 0) is 19.3 Å². The minimum atomic E-state index is -1.96. The quantitative estimate of drug-likeness (QED) is 0.251. The van der Waals surface area contributed by atoms with E-state index in [1.54, 1.807) is 0 Å². The normalized spacial score (nSPS) is 14.7. The Hall–Kier alpha value is -0.980. The number of hydrogen-bond acceptors (Lipinski definition) is 5. The van der Waals surface area contributed by atoms with Crippen molar-refractivity contribution < 1.29 is 24.9 Å². The Morgan fingerprint density at radius 1 is 0.852 bits per heavy atom.